The number of ether oxygens (including phenoxy) is 3. The monoisotopic (exact) mass is 1010 g/mol. The van der Waals surface area contributed by atoms with Crippen molar-refractivity contribution in [3.05, 3.63) is 120 Å². The van der Waals surface area contributed by atoms with Gasteiger partial charge in [-0.25, -0.2) is 24.2 Å². The molecule has 0 unspecified atom stereocenters. The highest BCUT2D eigenvalue weighted by atomic mass is 28.3. The van der Waals surface area contributed by atoms with Gasteiger partial charge in [0.2, 0.25) is 5.92 Å². The largest absolute Gasteiger partial charge is 0.451 e. The molecular weight excluding hydrogens is 941 g/mol. The first-order valence-electron chi connectivity index (χ1n) is 23.4. The molecule has 380 valence electrons. The number of rotatable bonds is 15. The molecule has 2 atom stereocenters. The molecule has 1 heterocycles. The number of carbonyl (C=O) groups excluding carboxylic acids is 6. The lowest BCUT2D eigenvalue weighted by Gasteiger charge is -2.42. The average Bonchev–Trinajstić information content (AvgIpc) is 3.26. The van der Waals surface area contributed by atoms with E-state index < -0.39 is 101 Å². The molecular formula is C54H68N2O13Si2. The number of esters is 2. The normalized spacial score (nSPS) is 15.7. The minimum absolute atomic E-state index is 0.121. The maximum absolute atomic E-state index is 14.7. The molecule has 0 saturated carbocycles. The van der Waals surface area contributed by atoms with Crippen LogP contribution in [0, 0.1) is 11.3 Å². The number of Topliss-reactive ketones (excluding diaryl/α,β-unsaturated/α-hetero) is 1. The Morgan fingerprint density at radius 2 is 1.01 bits per heavy atom. The Hall–Kier alpha value is -6.15. The fourth-order valence-electron chi connectivity index (χ4n) is 7.43. The molecule has 5 rings (SSSR count). The van der Waals surface area contributed by atoms with Crippen molar-refractivity contribution in [2.45, 2.75) is 131 Å². The molecule has 0 aliphatic carbocycles. The van der Waals surface area contributed by atoms with Crippen LogP contribution in [0.25, 0.3) is 0 Å². The second kappa shape index (κ2) is 22.1. The van der Waals surface area contributed by atoms with E-state index in [1.54, 1.807) is 41.5 Å². The zero-order valence-corrected chi connectivity index (χ0v) is 45.3. The maximum atomic E-state index is 14.7. The number of carbonyl (C=O) groups is 6. The molecule has 0 bridgehead atoms. The van der Waals surface area contributed by atoms with E-state index in [-0.39, 0.29) is 10.8 Å². The summed E-state index contributed by atoms with van der Waals surface area (Å²) in [5.74, 6) is -8.54. The van der Waals surface area contributed by atoms with E-state index >= 15 is 0 Å². The summed E-state index contributed by atoms with van der Waals surface area (Å²) in [5, 5.41) is 8.32. The third-order valence-corrected chi connectivity index (χ3v) is 15.9. The van der Waals surface area contributed by atoms with Crippen LogP contribution in [0.1, 0.15) is 108 Å². The summed E-state index contributed by atoms with van der Waals surface area (Å²) in [6.07, 6.45) is -2.46. The highest BCUT2D eigenvalue weighted by molar-refractivity contribution is 6.80. The standard InChI is InChI=1S/C54H68N2O13Si2/c1-49(2,3)35-25-29-39(30-26-35)70(37-21-17-15-18-22-37)63-33-41(43(57)42-44(58)65-53(13,14)66-45(42)59)55-47(61)69-68-46(60)54(51(7,8)9,56-48(62)67-52(10,11)12)34-64-71(38-23-19-16-20-24-38)40-31-27-36(28-32-40)50(4,5)6/h15-32,41-42H,33-34H2,1-14H3,(H,55,61)(H,56,62)/t41-,54-/m1/s1. The molecule has 4 aromatic rings. The first-order valence-corrected chi connectivity index (χ1v) is 26.2. The van der Waals surface area contributed by atoms with E-state index in [0.29, 0.717) is 0 Å². The fraction of sp³-hybridized carbons (Fsp3) is 0.444. The van der Waals surface area contributed by atoms with Crippen molar-refractivity contribution in [1.82, 2.24) is 10.6 Å². The second-order valence-corrected chi connectivity index (χ2v) is 26.1. The lowest BCUT2D eigenvalue weighted by atomic mass is 9.74. The van der Waals surface area contributed by atoms with Crippen LogP contribution in [-0.2, 0) is 62.8 Å². The van der Waals surface area contributed by atoms with Crippen LogP contribution in [0.5, 0.6) is 0 Å². The number of amides is 2. The Morgan fingerprint density at radius 1 is 0.592 bits per heavy atom. The Balaban J connectivity index is 1.47. The van der Waals surface area contributed by atoms with E-state index in [2.05, 4.69) is 52.2 Å². The van der Waals surface area contributed by atoms with Crippen molar-refractivity contribution in [2.75, 3.05) is 13.2 Å². The van der Waals surface area contributed by atoms with Gasteiger partial charge in [0.05, 0.1) is 13.2 Å². The molecule has 4 aromatic carbocycles. The van der Waals surface area contributed by atoms with Crippen molar-refractivity contribution < 1.29 is 61.6 Å². The average molecular weight is 1010 g/mol. The molecule has 1 fully saturated rings. The number of cyclic esters (lactones) is 2. The molecule has 0 aromatic heterocycles. The minimum atomic E-state index is -2.17. The van der Waals surface area contributed by atoms with Gasteiger partial charge in [0.1, 0.15) is 11.6 Å². The molecule has 2 radical (unpaired) electrons. The lowest BCUT2D eigenvalue weighted by Crippen LogP contribution is -2.67. The summed E-state index contributed by atoms with van der Waals surface area (Å²) >= 11 is 0. The number of nitrogens with one attached hydrogen (secondary N) is 2. The topological polar surface area (TPSA) is 191 Å². The van der Waals surface area contributed by atoms with Gasteiger partial charge in [-0.05, 0) is 68.9 Å². The molecule has 1 saturated heterocycles. The molecule has 2 amide bonds. The Labute approximate surface area is 421 Å². The van der Waals surface area contributed by atoms with Crippen molar-refractivity contribution in [3.8, 4) is 0 Å². The fourth-order valence-corrected chi connectivity index (χ4v) is 11.4. The zero-order valence-electron chi connectivity index (χ0n) is 43.3. The van der Waals surface area contributed by atoms with Crippen molar-refractivity contribution in [3.63, 3.8) is 0 Å². The highest BCUT2D eigenvalue weighted by Gasteiger charge is 2.55. The smallest absolute Gasteiger partial charge is 0.444 e. The minimum Gasteiger partial charge on any atom is -0.444 e. The first-order chi connectivity index (χ1) is 32.9. The summed E-state index contributed by atoms with van der Waals surface area (Å²) < 4.78 is 29.4. The molecule has 15 nitrogen and oxygen atoms in total. The van der Waals surface area contributed by atoms with E-state index in [4.69, 9.17) is 32.8 Å². The van der Waals surface area contributed by atoms with Crippen molar-refractivity contribution in [1.29, 1.82) is 0 Å². The van der Waals surface area contributed by atoms with Gasteiger partial charge >= 0.3 is 30.1 Å². The van der Waals surface area contributed by atoms with E-state index in [9.17, 15) is 28.8 Å². The number of ketones is 1. The van der Waals surface area contributed by atoms with Crippen LogP contribution in [0.4, 0.5) is 9.59 Å². The first kappa shape index (κ1) is 55.8. The van der Waals surface area contributed by atoms with E-state index in [0.717, 1.165) is 31.9 Å². The van der Waals surface area contributed by atoms with Gasteiger partial charge in [-0.15, -0.1) is 0 Å². The quantitative estimate of drug-likeness (QED) is 0.0457. The second-order valence-electron chi connectivity index (χ2n) is 21.9. The van der Waals surface area contributed by atoms with Crippen LogP contribution in [0.15, 0.2) is 109 Å². The number of alkyl carbamates (subject to hydrolysis) is 1. The zero-order chi connectivity index (χ0) is 52.7. The van der Waals surface area contributed by atoms with E-state index in [1.165, 1.54) is 13.8 Å². The Morgan fingerprint density at radius 3 is 1.42 bits per heavy atom. The predicted molar refractivity (Wildman–Crippen MR) is 271 cm³/mol. The van der Waals surface area contributed by atoms with Gasteiger partial charge in [-0.1, -0.05) is 172 Å². The Kier molecular flexibility index (Phi) is 17.4. The van der Waals surface area contributed by atoms with Crippen molar-refractivity contribution in [2.24, 2.45) is 11.3 Å². The summed E-state index contributed by atoms with van der Waals surface area (Å²) in [4.78, 5) is 93.5. The summed E-state index contributed by atoms with van der Waals surface area (Å²) in [7, 11) is -4.32. The lowest BCUT2D eigenvalue weighted by molar-refractivity contribution is -0.244. The van der Waals surface area contributed by atoms with Crippen molar-refractivity contribution >= 4 is 74.7 Å². The number of benzene rings is 4. The van der Waals surface area contributed by atoms with Crippen LogP contribution < -0.4 is 31.4 Å². The number of hydrogen-bond donors (Lipinski definition) is 2. The predicted octanol–water partition coefficient (Wildman–Crippen LogP) is 6.11. The summed E-state index contributed by atoms with van der Waals surface area (Å²) in [5.41, 5.74) is -2.39. The van der Waals surface area contributed by atoms with Gasteiger partial charge in [-0.2, -0.15) is 0 Å². The van der Waals surface area contributed by atoms with Gasteiger partial charge in [0.15, 0.2) is 11.3 Å². The third-order valence-electron chi connectivity index (χ3n) is 11.5. The highest BCUT2D eigenvalue weighted by Crippen LogP contribution is 2.34. The van der Waals surface area contributed by atoms with E-state index in [1.807, 2.05) is 109 Å². The van der Waals surface area contributed by atoms with Crippen LogP contribution in [0.2, 0.25) is 0 Å². The van der Waals surface area contributed by atoms with Gasteiger partial charge in [0.25, 0.3) is 23.9 Å². The van der Waals surface area contributed by atoms with Crippen LogP contribution >= 0.6 is 0 Å². The molecule has 2 N–H and O–H groups in total. The third kappa shape index (κ3) is 14.7. The summed E-state index contributed by atoms with van der Waals surface area (Å²) in [6, 6.07) is 32.8. The summed E-state index contributed by atoms with van der Waals surface area (Å²) in [6.45, 7) is 24.2. The molecule has 71 heavy (non-hydrogen) atoms. The molecule has 0 spiro atoms. The van der Waals surface area contributed by atoms with Gasteiger partial charge in [0, 0.05) is 13.8 Å². The molecule has 1 aliphatic heterocycles. The van der Waals surface area contributed by atoms with Crippen LogP contribution in [-0.4, -0.2) is 90.1 Å². The van der Waals surface area contributed by atoms with Gasteiger partial charge in [-0.3, -0.25) is 14.4 Å². The maximum Gasteiger partial charge on any atom is 0.451 e. The Bertz CT molecular complexity index is 2490. The molecule has 1 aliphatic rings. The molecule has 17 heteroatoms. The van der Waals surface area contributed by atoms with Gasteiger partial charge < -0.3 is 33.7 Å². The SMILES string of the molecule is CC(C)(C)OC(=O)N[C@](CO[Si](c1ccccc1)c1ccc(C(C)(C)C)cc1)(C(=O)OOC(=O)N[C@H](CO[Si](c1ccccc1)c1ccc(C(C)(C)C)cc1)C(=O)C1C(=O)OC(C)(C)OC1=O)C(C)(C)C. The van der Waals surface area contributed by atoms with Crippen LogP contribution in [0.3, 0.4) is 0 Å². The number of hydrogen-bond acceptors (Lipinski definition) is 13.